The van der Waals surface area contributed by atoms with Gasteiger partial charge in [-0.1, -0.05) is 0 Å². The van der Waals surface area contributed by atoms with Gasteiger partial charge in [-0.2, -0.15) is 0 Å². The molecule has 0 saturated heterocycles. The van der Waals surface area contributed by atoms with E-state index in [0.717, 1.165) is 0 Å². The average molecular weight is 142 g/mol. The van der Waals surface area contributed by atoms with Gasteiger partial charge >= 0.3 is 37.7 Å². The van der Waals surface area contributed by atoms with Gasteiger partial charge in [-0.05, 0) is 0 Å². The van der Waals surface area contributed by atoms with Crippen molar-refractivity contribution < 1.29 is 55.2 Å². The maximum atomic E-state index is 8.52. The molecular weight excluding hydrogens is 138 g/mol. The van der Waals surface area contributed by atoms with Gasteiger partial charge in [0.2, 0.25) is 0 Å². The summed E-state index contributed by atoms with van der Waals surface area (Å²) in [6.07, 6.45) is 0. The van der Waals surface area contributed by atoms with Gasteiger partial charge in [-0.25, -0.2) is 0 Å². The molecule has 9 heavy (non-hydrogen) atoms. The van der Waals surface area contributed by atoms with E-state index >= 15 is 0 Å². The maximum Gasteiger partial charge on any atom is 1.00 e. The van der Waals surface area contributed by atoms with Crippen molar-refractivity contribution in [2.75, 3.05) is 0 Å². The number of hydrogen-bond donors (Lipinski definition) is 2. The molecule has 0 unspecified atom stereocenters. The second-order valence-electron chi connectivity index (χ2n) is 0.408. The predicted molar refractivity (Wildman–Crippen MR) is 18.8 cm³/mol. The molecule has 0 atom stereocenters. The van der Waals surface area contributed by atoms with Crippen molar-refractivity contribution in [3.63, 3.8) is 0 Å². The van der Waals surface area contributed by atoms with Crippen LogP contribution in [-0.4, -0.2) is 17.5 Å². The molecule has 0 aromatic heterocycles. The molecule has 0 heterocycles. The van der Waals surface area contributed by atoms with Crippen molar-refractivity contribution in [3.05, 3.63) is 0 Å². The summed E-state index contributed by atoms with van der Waals surface area (Å²) in [6, 6.07) is 0. The fourth-order valence-corrected chi connectivity index (χ4v) is 0. The Bertz CT molecular complexity index is 99.7. The van der Waals surface area contributed by atoms with Gasteiger partial charge < -0.3 is 9.11 Å². The first-order valence-corrected chi connectivity index (χ1v) is 2.33. The van der Waals surface area contributed by atoms with Crippen molar-refractivity contribution in [2.45, 2.75) is 0 Å². The zero-order valence-corrected chi connectivity index (χ0v) is 6.01. The van der Waals surface area contributed by atoms with E-state index in [9.17, 15) is 0 Å². The van der Waals surface area contributed by atoms with Gasteiger partial charge in [0.25, 0.3) is 0 Å². The van der Waals surface area contributed by atoms with E-state index in [2.05, 4.69) is 11.7 Å². The van der Waals surface area contributed by atoms with E-state index in [1.165, 1.54) is 0 Å². The van der Waals surface area contributed by atoms with Gasteiger partial charge in [0.15, 0.2) is 0 Å². The molecule has 0 saturated carbocycles. The molecule has 0 aliphatic carbocycles. The molecule has 0 rings (SSSR count). The van der Waals surface area contributed by atoms with Gasteiger partial charge in [0.05, 0.1) is 0 Å². The summed E-state index contributed by atoms with van der Waals surface area (Å²) in [6.45, 7) is 0. The minimum absolute atomic E-state index is 0. The summed E-state index contributed by atoms with van der Waals surface area (Å²) in [4.78, 5) is 0. The van der Waals surface area contributed by atoms with Crippen LogP contribution in [0.3, 0.4) is 0 Å². The van der Waals surface area contributed by atoms with Crippen LogP contribution >= 0.6 is 0 Å². The summed E-state index contributed by atoms with van der Waals surface area (Å²) >= 11 is 0. The fourth-order valence-electron chi connectivity index (χ4n) is 0. The molecule has 4 N–H and O–H groups in total. The molecule has 0 spiro atoms. The van der Waals surface area contributed by atoms with Crippen LogP contribution in [0, 0.1) is 0 Å². The SMILES string of the molecule is NN.O=S(=O)([O-])[O-].[Li+].[Li+]. The normalized spacial score (nSPS) is 7.11. The van der Waals surface area contributed by atoms with Gasteiger partial charge in [0.1, 0.15) is 0 Å². The van der Waals surface area contributed by atoms with Crippen LogP contribution in [0.1, 0.15) is 0 Å². The fraction of sp³-hybridized carbons (Fsp3) is 0. The molecule has 0 bridgehead atoms. The Morgan fingerprint density at radius 1 is 1.00 bits per heavy atom. The first-order chi connectivity index (χ1) is 3.00. The summed E-state index contributed by atoms with van der Waals surface area (Å²) in [5.41, 5.74) is 0. The van der Waals surface area contributed by atoms with Crippen molar-refractivity contribution in [3.8, 4) is 0 Å². The summed E-state index contributed by atoms with van der Waals surface area (Å²) in [7, 11) is -5.17. The standard InChI is InChI=1S/2Li.H4N2.H2O4S/c;;1-2;1-5(2,3)4/h;;1-2H2;(H2,1,2,3,4)/q2*+1;;/p-2. The summed E-state index contributed by atoms with van der Waals surface area (Å²) in [5.74, 6) is 8.00. The van der Waals surface area contributed by atoms with E-state index in [0.29, 0.717) is 0 Å². The molecule has 9 heteroatoms. The quantitative estimate of drug-likeness (QED) is 0.113. The van der Waals surface area contributed by atoms with Crippen LogP contribution in [0.25, 0.3) is 0 Å². The van der Waals surface area contributed by atoms with E-state index in [4.69, 9.17) is 17.5 Å². The third-order valence-electron chi connectivity index (χ3n) is 0. The van der Waals surface area contributed by atoms with E-state index in [-0.39, 0.29) is 37.7 Å². The van der Waals surface area contributed by atoms with Crippen LogP contribution in [0.2, 0.25) is 0 Å². The average Bonchev–Trinajstić information content (AvgIpc) is 1.36. The van der Waals surface area contributed by atoms with E-state index in [1.807, 2.05) is 0 Å². The molecule has 6 nitrogen and oxygen atoms in total. The Kier molecular flexibility index (Phi) is 29.4. The Labute approximate surface area is 77.3 Å². The molecule has 0 aliphatic heterocycles. The zero-order chi connectivity index (χ0) is 6.50. The minimum atomic E-state index is -5.17. The Balaban J connectivity index is -0.0000000286. The number of hydrazine groups is 1. The molecule has 0 amide bonds. The number of hydrogen-bond acceptors (Lipinski definition) is 6. The van der Waals surface area contributed by atoms with Crippen molar-refractivity contribution >= 4 is 10.4 Å². The third-order valence-corrected chi connectivity index (χ3v) is 0. The maximum absolute atomic E-state index is 8.52. The minimum Gasteiger partial charge on any atom is -0.759 e. The monoisotopic (exact) mass is 142 g/mol. The Morgan fingerprint density at radius 2 is 1.00 bits per heavy atom. The second-order valence-corrected chi connectivity index (χ2v) is 1.22. The third kappa shape index (κ3) is 452. The van der Waals surface area contributed by atoms with Crippen LogP contribution < -0.4 is 49.4 Å². The largest absolute Gasteiger partial charge is 1.00 e. The predicted octanol–water partition coefficient (Wildman–Crippen LogP) is -8.51. The van der Waals surface area contributed by atoms with E-state index in [1.54, 1.807) is 0 Å². The van der Waals surface area contributed by atoms with Gasteiger partial charge in [0, 0.05) is 10.4 Å². The second kappa shape index (κ2) is 11.7. The van der Waals surface area contributed by atoms with Crippen LogP contribution in [0.5, 0.6) is 0 Å². The molecule has 0 aromatic carbocycles. The van der Waals surface area contributed by atoms with Crippen molar-refractivity contribution in [1.29, 1.82) is 0 Å². The molecular formula is H4Li2N2O4S. The molecule has 46 valence electrons. The van der Waals surface area contributed by atoms with Gasteiger partial charge in [-0.15, -0.1) is 0 Å². The summed E-state index contributed by atoms with van der Waals surface area (Å²) in [5, 5.41) is 0. The van der Waals surface area contributed by atoms with Crippen LogP contribution in [-0.2, 0) is 10.4 Å². The van der Waals surface area contributed by atoms with Crippen LogP contribution in [0.4, 0.5) is 0 Å². The molecule has 0 aliphatic rings. The Morgan fingerprint density at radius 3 is 1.00 bits per heavy atom. The van der Waals surface area contributed by atoms with Crippen molar-refractivity contribution in [2.24, 2.45) is 11.7 Å². The number of rotatable bonds is 0. The zero-order valence-electron chi connectivity index (χ0n) is 5.20. The van der Waals surface area contributed by atoms with Gasteiger partial charge in [-0.3, -0.25) is 20.1 Å². The number of nitrogens with two attached hydrogens (primary N) is 2. The first-order valence-electron chi connectivity index (χ1n) is 1.00. The Hall–Kier alpha value is 0.985. The van der Waals surface area contributed by atoms with Crippen LogP contribution in [0.15, 0.2) is 0 Å². The van der Waals surface area contributed by atoms with Crippen molar-refractivity contribution in [1.82, 2.24) is 0 Å². The molecule has 0 aromatic rings. The smallest absolute Gasteiger partial charge is 0.759 e. The first kappa shape index (κ1) is 22.5. The molecule has 0 radical (unpaired) electrons. The summed E-state index contributed by atoms with van der Waals surface area (Å²) < 4.78 is 34.1. The van der Waals surface area contributed by atoms with E-state index < -0.39 is 10.4 Å². The topological polar surface area (TPSA) is 132 Å². The molecule has 0 fully saturated rings.